The van der Waals surface area contributed by atoms with Crippen molar-refractivity contribution in [3.63, 3.8) is 0 Å². The van der Waals surface area contributed by atoms with Crippen LogP contribution in [0.4, 0.5) is 10.5 Å². The molecule has 0 aliphatic heterocycles. The molecule has 7 N–H and O–H groups in total. The minimum atomic E-state index is -4.35. The number of hydrogen-bond acceptors (Lipinski definition) is 11. The van der Waals surface area contributed by atoms with E-state index < -0.39 is 94.3 Å². The van der Waals surface area contributed by atoms with Crippen LogP contribution >= 0.6 is 0 Å². The Kier molecular flexibility index (Phi) is 17.3. The molecule has 21 heteroatoms. The number of hydrogen-bond donors (Lipinski definition) is 6. The molecule has 0 aliphatic rings. The van der Waals surface area contributed by atoms with E-state index in [0.717, 1.165) is 11.4 Å². The van der Waals surface area contributed by atoms with Crippen molar-refractivity contribution >= 4 is 68.1 Å². The van der Waals surface area contributed by atoms with Crippen LogP contribution in [-0.4, -0.2) is 130 Å². The van der Waals surface area contributed by atoms with Gasteiger partial charge < -0.3 is 37.1 Å². The summed E-state index contributed by atoms with van der Waals surface area (Å²) in [6.07, 6.45) is -0.293. The quantitative estimate of drug-likeness (QED) is 0.0923. The van der Waals surface area contributed by atoms with Gasteiger partial charge in [0.1, 0.15) is 47.1 Å². The first kappa shape index (κ1) is 52.0. The van der Waals surface area contributed by atoms with E-state index in [1.807, 2.05) is 27.2 Å². The first-order chi connectivity index (χ1) is 29.6. The second-order valence-electron chi connectivity index (χ2n) is 17.6. The van der Waals surface area contributed by atoms with Crippen LogP contribution in [0.15, 0.2) is 53.6 Å². The van der Waals surface area contributed by atoms with Crippen LogP contribution in [0.5, 0.6) is 0 Å². The van der Waals surface area contributed by atoms with E-state index in [1.165, 1.54) is 42.9 Å². The van der Waals surface area contributed by atoms with Gasteiger partial charge in [-0.15, -0.1) is 0 Å². The van der Waals surface area contributed by atoms with Gasteiger partial charge in [-0.05, 0) is 63.8 Å². The number of benzene rings is 2. The van der Waals surface area contributed by atoms with Crippen molar-refractivity contribution < 1.29 is 46.7 Å². The van der Waals surface area contributed by atoms with Crippen molar-refractivity contribution in [3.8, 4) is 6.07 Å². The highest BCUT2D eigenvalue weighted by Crippen LogP contribution is 2.27. The second kappa shape index (κ2) is 21.3. The van der Waals surface area contributed by atoms with Crippen molar-refractivity contribution in [2.75, 3.05) is 41.8 Å². The number of carbonyl (C=O) groups is 7. The molecule has 20 nitrogen and oxygen atoms in total. The molecule has 0 saturated heterocycles. The van der Waals surface area contributed by atoms with Crippen molar-refractivity contribution in [2.45, 2.75) is 95.5 Å². The van der Waals surface area contributed by atoms with Crippen LogP contribution in [-0.2, 0) is 49.9 Å². The van der Waals surface area contributed by atoms with Gasteiger partial charge in [0.2, 0.25) is 45.5 Å². The lowest BCUT2D eigenvalue weighted by molar-refractivity contribution is -0.134. The molecule has 4 atom stereocenters. The number of likely N-dealkylation sites (N-methyl/N-ethyl adjacent to an activating group) is 2. The highest BCUT2D eigenvalue weighted by atomic mass is 32.2. The van der Waals surface area contributed by atoms with Gasteiger partial charge in [0.15, 0.2) is 0 Å². The molecule has 3 aromatic rings. The summed E-state index contributed by atoms with van der Waals surface area (Å²) in [5.74, 6) is -5.10. The number of carbonyl (C=O) groups excluding carboxylic acids is 7. The largest absolute Gasteiger partial charge is 0.443 e. The minimum absolute atomic E-state index is 0.112. The SMILES string of the molecule is CNC(=O)[C@@H](NC(=O)[C@H](C)NC(=O)[C@H](Cc1cn(C(=O)OC(C)(C)C)c2ccccc12)NC(=O)[C@H](CCC(N)=O)NC(=O)CN(C)S(=O)(=O)c1ccc([N+](C)(C)C)c(C#N)c1)C(C)C. The Balaban J connectivity index is 1.99. The lowest BCUT2D eigenvalue weighted by Gasteiger charge is -2.26. The Morgan fingerprint density at radius 1 is 0.891 bits per heavy atom. The molecule has 0 spiro atoms. The van der Waals surface area contributed by atoms with Gasteiger partial charge >= 0.3 is 6.09 Å². The monoisotopic (exact) mass is 909 g/mol. The number of nitrogens with two attached hydrogens (primary N) is 1. The van der Waals surface area contributed by atoms with Crippen LogP contribution < -0.4 is 36.8 Å². The van der Waals surface area contributed by atoms with Gasteiger partial charge in [-0.25, -0.2) is 13.2 Å². The summed E-state index contributed by atoms with van der Waals surface area (Å²) in [5.41, 5.74) is 6.05. The third-order valence-corrected chi connectivity index (χ3v) is 11.7. The van der Waals surface area contributed by atoms with Gasteiger partial charge in [-0.3, -0.25) is 37.8 Å². The molecule has 2 aromatic carbocycles. The minimum Gasteiger partial charge on any atom is -0.443 e. The number of nitrogens with zero attached hydrogens (tertiary/aromatic N) is 4. The summed E-state index contributed by atoms with van der Waals surface area (Å²) < 4.78 is 35.0. The van der Waals surface area contributed by atoms with E-state index in [-0.39, 0.29) is 33.7 Å². The summed E-state index contributed by atoms with van der Waals surface area (Å²) in [6.45, 7) is 9.13. The number of para-hydroxylation sites is 1. The fourth-order valence-electron chi connectivity index (χ4n) is 6.54. The van der Waals surface area contributed by atoms with Crippen molar-refractivity contribution in [1.29, 1.82) is 5.26 Å². The Bertz CT molecular complexity index is 2410. The first-order valence-corrected chi connectivity index (χ1v) is 21.9. The average Bonchev–Trinajstić information content (AvgIpc) is 3.57. The predicted octanol–water partition coefficient (Wildman–Crippen LogP) is 0.983. The highest BCUT2D eigenvalue weighted by molar-refractivity contribution is 7.89. The summed E-state index contributed by atoms with van der Waals surface area (Å²) in [4.78, 5) is 92.5. The summed E-state index contributed by atoms with van der Waals surface area (Å²) >= 11 is 0. The molecule has 0 aliphatic carbocycles. The molecule has 348 valence electrons. The molecular weight excluding hydrogens is 849 g/mol. The number of quaternary nitrogens is 1. The zero-order chi connectivity index (χ0) is 48.5. The topological polar surface area (TPSA) is 281 Å². The van der Waals surface area contributed by atoms with Crippen LogP contribution in [0.25, 0.3) is 10.9 Å². The maximum absolute atomic E-state index is 14.2. The van der Waals surface area contributed by atoms with Gasteiger partial charge in [-0.2, -0.15) is 9.57 Å². The van der Waals surface area contributed by atoms with E-state index in [4.69, 9.17) is 10.5 Å². The molecular formula is C43H61N10O10S+. The van der Waals surface area contributed by atoms with E-state index in [1.54, 1.807) is 58.9 Å². The second-order valence-corrected chi connectivity index (χ2v) is 19.6. The molecule has 0 fully saturated rings. The number of nitrogens with one attached hydrogen (secondary N) is 5. The number of amides is 6. The zero-order valence-corrected chi connectivity index (χ0v) is 39.0. The van der Waals surface area contributed by atoms with E-state index >= 15 is 0 Å². The summed E-state index contributed by atoms with van der Waals surface area (Å²) in [6, 6.07) is 7.59. The number of fused-ring (bicyclic) bond motifs is 1. The maximum Gasteiger partial charge on any atom is 0.419 e. The number of aromatic nitrogens is 1. The Morgan fingerprint density at radius 3 is 2.08 bits per heavy atom. The maximum atomic E-state index is 14.2. The van der Waals surface area contributed by atoms with Gasteiger partial charge in [0.05, 0.1) is 38.1 Å². The van der Waals surface area contributed by atoms with Crippen LogP contribution in [0.3, 0.4) is 0 Å². The molecule has 64 heavy (non-hydrogen) atoms. The van der Waals surface area contributed by atoms with E-state index in [2.05, 4.69) is 26.6 Å². The number of rotatable bonds is 19. The smallest absolute Gasteiger partial charge is 0.419 e. The number of sulfonamides is 1. The first-order valence-electron chi connectivity index (χ1n) is 20.5. The van der Waals surface area contributed by atoms with Crippen molar-refractivity contribution in [2.24, 2.45) is 11.7 Å². The molecule has 0 bridgehead atoms. The molecule has 1 heterocycles. The molecule has 0 radical (unpaired) electrons. The Labute approximate surface area is 373 Å². The number of primary amides is 1. The lowest BCUT2D eigenvalue weighted by atomic mass is 10.0. The fraction of sp³-hybridized carbons (Fsp3) is 0.488. The fourth-order valence-corrected chi connectivity index (χ4v) is 7.69. The third kappa shape index (κ3) is 13.8. The van der Waals surface area contributed by atoms with Gasteiger partial charge in [0.25, 0.3) is 0 Å². The molecule has 0 saturated carbocycles. The molecule has 3 rings (SSSR count). The standard InChI is InChI=1S/C43H60N10O10S/c1-25(2)37(41(59)46-7)50-38(56)26(3)47-40(58)32(21-28-23-52(42(60)63-43(4,5)6)33-15-13-12-14-30(28)33)49-39(57)31(17-19-35(45)54)48-36(55)24-51(8)64(61,62)29-16-18-34(53(9,10)11)27(20-29)22-44/h12-16,18,20,23,25-26,31-32,37H,17,19,21,24H2,1-11H3,(H6-,45,46,47,48,49,50,54,55,56,57,58,59)/p+1/t26-,31-,32-,37-/m0/s1. The van der Waals surface area contributed by atoms with Gasteiger partial charge in [0, 0.05) is 44.6 Å². The number of nitriles is 1. The Morgan fingerprint density at radius 2 is 1.52 bits per heavy atom. The Hall–Kier alpha value is -6.37. The van der Waals surface area contributed by atoms with Crippen LogP contribution in [0, 0.1) is 17.2 Å². The molecule has 6 amide bonds. The normalized spacial score (nSPS) is 13.8. The van der Waals surface area contributed by atoms with Crippen molar-refractivity contribution in [1.82, 2.24) is 39.9 Å². The van der Waals surface area contributed by atoms with Crippen LogP contribution in [0.2, 0.25) is 0 Å². The lowest BCUT2D eigenvalue weighted by Crippen LogP contribution is -2.58. The summed E-state index contributed by atoms with van der Waals surface area (Å²) in [7, 11) is 3.63. The van der Waals surface area contributed by atoms with Gasteiger partial charge in [-0.1, -0.05) is 32.0 Å². The summed E-state index contributed by atoms with van der Waals surface area (Å²) in [5, 5.41) is 23.0. The van der Waals surface area contributed by atoms with E-state index in [0.29, 0.717) is 22.2 Å². The predicted molar refractivity (Wildman–Crippen MR) is 239 cm³/mol. The zero-order valence-electron chi connectivity index (χ0n) is 38.2. The molecule has 0 unspecified atom stereocenters. The average molecular weight is 910 g/mol. The number of ether oxygens (including phenoxy) is 1. The highest BCUT2D eigenvalue weighted by Gasteiger charge is 2.33. The van der Waals surface area contributed by atoms with E-state index in [9.17, 15) is 47.2 Å². The third-order valence-electron chi connectivity index (χ3n) is 9.90. The van der Waals surface area contributed by atoms with Crippen LogP contribution in [0.1, 0.15) is 65.5 Å². The van der Waals surface area contributed by atoms with Crippen molar-refractivity contribution in [3.05, 3.63) is 59.8 Å². The molecule has 1 aromatic heterocycles.